The second-order valence-electron chi connectivity index (χ2n) is 6.38. The zero-order valence-electron chi connectivity index (χ0n) is 13.9. The smallest absolute Gasteiger partial charge is 0.225 e. The van der Waals surface area contributed by atoms with Crippen molar-refractivity contribution in [3.8, 4) is 11.3 Å². The Morgan fingerprint density at radius 3 is 2.14 bits per heavy atom. The van der Waals surface area contributed by atoms with E-state index in [4.69, 9.17) is 0 Å². The lowest BCUT2D eigenvalue weighted by Gasteiger charge is -2.13. The predicted molar refractivity (Wildman–Crippen MR) is 94.1 cm³/mol. The molecule has 0 amide bonds. The van der Waals surface area contributed by atoms with Gasteiger partial charge in [0, 0.05) is 24.7 Å². The van der Waals surface area contributed by atoms with Gasteiger partial charge in [0.05, 0.1) is 5.69 Å². The summed E-state index contributed by atoms with van der Waals surface area (Å²) in [5.41, 5.74) is 2.04. The maximum Gasteiger partial charge on any atom is 0.225 e. The molecule has 1 heterocycles. The Balaban J connectivity index is 2.27. The Morgan fingerprint density at radius 1 is 0.864 bits per heavy atom. The molecule has 0 aliphatic rings. The molecule has 0 saturated carbocycles. The van der Waals surface area contributed by atoms with Crippen LogP contribution in [0.2, 0.25) is 0 Å². The monoisotopic (exact) mass is 298 g/mol. The fraction of sp³-hybridized carbons (Fsp3) is 0.444. The number of hydrogen-bond donors (Lipinski definition) is 2. The molecule has 2 rings (SSSR count). The number of anilines is 2. The summed E-state index contributed by atoms with van der Waals surface area (Å²) in [7, 11) is 0. The van der Waals surface area contributed by atoms with Gasteiger partial charge in [-0.05, 0) is 11.8 Å². The van der Waals surface area contributed by atoms with Crippen molar-refractivity contribution in [2.75, 3.05) is 23.7 Å². The molecule has 0 saturated heterocycles. The van der Waals surface area contributed by atoms with Crippen LogP contribution in [-0.4, -0.2) is 23.1 Å². The second kappa shape index (κ2) is 7.78. The van der Waals surface area contributed by atoms with Gasteiger partial charge in [0.15, 0.2) is 0 Å². The number of hydrogen-bond acceptors (Lipinski definition) is 4. The average Bonchev–Trinajstić information content (AvgIpc) is 2.51. The van der Waals surface area contributed by atoms with Gasteiger partial charge in [0.2, 0.25) is 5.95 Å². The Hall–Kier alpha value is -2.10. The van der Waals surface area contributed by atoms with Gasteiger partial charge in [-0.1, -0.05) is 58.0 Å². The Morgan fingerprint density at radius 2 is 1.50 bits per heavy atom. The van der Waals surface area contributed by atoms with E-state index in [1.807, 2.05) is 24.3 Å². The summed E-state index contributed by atoms with van der Waals surface area (Å²) in [6.45, 7) is 10.5. The fourth-order valence-corrected chi connectivity index (χ4v) is 1.98. The van der Waals surface area contributed by atoms with E-state index >= 15 is 0 Å². The molecule has 4 nitrogen and oxygen atoms in total. The zero-order chi connectivity index (χ0) is 15.9. The molecule has 1 aromatic carbocycles. The maximum absolute atomic E-state index is 4.64. The number of nitrogens with one attached hydrogen (secondary N) is 2. The molecule has 0 spiro atoms. The van der Waals surface area contributed by atoms with E-state index in [9.17, 15) is 0 Å². The van der Waals surface area contributed by atoms with Crippen LogP contribution >= 0.6 is 0 Å². The molecule has 0 aliphatic carbocycles. The first-order chi connectivity index (χ1) is 10.5. The highest BCUT2D eigenvalue weighted by molar-refractivity contribution is 5.64. The summed E-state index contributed by atoms with van der Waals surface area (Å²) in [5.74, 6) is 2.67. The lowest BCUT2D eigenvalue weighted by molar-refractivity contribution is 0.681. The number of aromatic nitrogens is 2. The molecular weight excluding hydrogens is 272 g/mol. The van der Waals surface area contributed by atoms with E-state index in [2.05, 4.69) is 60.4 Å². The van der Waals surface area contributed by atoms with Crippen molar-refractivity contribution < 1.29 is 0 Å². The van der Waals surface area contributed by atoms with Gasteiger partial charge in [-0.25, -0.2) is 4.98 Å². The second-order valence-corrected chi connectivity index (χ2v) is 6.38. The van der Waals surface area contributed by atoms with Crippen molar-refractivity contribution in [2.45, 2.75) is 27.7 Å². The van der Waals surface area contributed by atoms with Crippen molar-refractivity contribution in [1.82, 2.24) is 9.97 Å². The van der Waals surface area contributed by atoms with Gasteiger partial charge in [0.1, 0.15) is 5.82 Å². The lowest BCUT2D eigenvalue weighted by atomic mass is 10.1. The first-order valence-electron chi connectivity index (χ1n) is 7.97. The minimum atomic E-state index is 0.552. The molecule has 0 fully saturated rings. The highest BCUT2D eigenvalue weighted by Gasteiger charge is 2.07. The van der Waals surface area contributed by atoms with Gasteiger partial charge < -0.3 is 10.6 Å². The summed E-state index contributed by atoms with van der Waals surface area (Å²) in [5, 5.41) is 6.71. The SMILES string of the molecule is CC(C)CNc1cc(-c2ccccc2)nc(NCC(C)C)n1. The first kappa shape index (κ1) is 16.3. The zero-order valence-corrected chi connectivity index (χ0v) is 13.9. The Bertz CT molecular complexity index is 549. The van der Waals surface area contributed by atoms with Crippen molar-refractivity contribution in [2.24, 2.45) is 11.8 Å². The van der Waals surface area contributed by atoms with Crippen LogP contribution in [0.1, 0.15) is 27.7 Å². The molecular formula is C18H26N4. The van der Waals surface area contributed by atoms with E-state index in [0.29, 0.717) is 17.8 Å². The van der Waals surface area contributed by atoms with Gasteiger partial charge in [-0.2, -0.15) is 4.98 Å². The predicted octanol–water partition coefficient (Wildman–Crippen LogP) is 4.28. The first-order valence-corrected chi connectivity index (χ1v) is 7.97. The number of benzene rings is 1. The van der Waals surface area contributed by atoms with Gasteiger partial charge >= 0.3 is 0 Å². The van der Waals surface area contributed by atoms with Crippen molar-refractivity contribution >= 4 is 11.8 Å². The standard InChI is InChI=1S/C18H26N4/c1-13(2)11-19-17-10-16(15-8-6-5-7-9-15)21-18(22-17)20-12-14(3)4/h5-10,13-14H,11-12H2,1-4H3,(H2,19,20,21,22). The van der Waals surface area contributed by atoms with Crippen molar-refractivity contribution in [3.05, 3.63) is 36.4 Å². The molecule has 0 unspecified atom stereocenters. The Kier molecular flexibility index (Phi) is 5.75. The molecule has 2 N–H and O–H groups in total. The molecule has 0 atom stereocenters. The summed E-state index contributed by atoms with van der Waals surface area (Å²) in [6.07, 6.45) is 0. The van der Waals surface area contributed by atoms with Gasteiger partial charge in [-0.15, -0.1) is 0 Å². The molecule has 22 heavy (non-hydrogen) atoms. The molecule has 0 aliphatic heterocycles. The van der Waals surface area contributed by atoms with E-state index in [0.717, 1.165) is 30.2 Å². The van der Waals surface area contributed by atoms with E-state index in [1.54, 1.807) is 0 Å². The van der Waals surface area contributed by atoms with Crippen molar-refractivity contribution in [1.29, 1.82) is 0 Å². The van der Waals surface area contributed by atoms with Crippen LogP contribution in [0.5, 0.6) is 0 Å². The minimum absolute atomic E-state index is 0.552. The normalized spacial score (nSPS) is 11.0. The van der Waals surface area contributed by atoms with E-state index < -0.39 is 0 Å². The topological polar surface area (TPSA) is 49.8 Å². The molecule has 1 aromatic heterocycles. The van der Waals surface area contributed by atoms with Crippen LogP contribution in [-0.2, 0) is 0 Å². The molecule has 2 aromatic rings. The summed E-state index contributed by atoms with van der Waals surface area (Å²) >= 11 is 0. The minimum Gasteiger partial charge on any atom is -0.370 e. The largest absolute Gasteiger partial charge is 0.370 e. The highest BCUT2D eigenvalue weighted by atomic mass is 15.1. The highest BCUT2D eigenvalue weighted by Crippen LogP contribution is 2.21. The maximum atomic E-state index is 4.64. The summed E-state index contributed by atoms with van der Waals surface area (Å²) in [6, 6.07) is 12.2. The quantitative estimate of drug-likeness (QED) is 0.801. The van der Waals surface area contributed by atoms with Crippen LogP contribution < -0.4 is 10.6 Å². The van der Waals surface area contributed by atoms with Gasteiger partial charge in [0.25, 0.3) is 0 Å². The summed E-state index contributed by atoms with van der Waals surface area (Å²) < 4.78 is 0. The van der Waals surface area contributed by atoms with Crippen LogP contribution in [0.25, 0.3) is 11.3 Å². The van der Waals surface area contributed by atoms with E-state index in [-0.39, 0.29) is 0 Å². The lowest BCUT2D eigenvalue weighted by Crippen LogP contribution is -2.14. The van der Waals surface area contributed by atoms with Crippen LogP contribution in [0, 0.1) is 11.8 Å². The molecule has 0 bridgehead atoms. The van der Waals surface area contributed by atoms with Crippen LogP contribution in [0.4, 0.5) is 11.8 Å². The third-order valence-electron chi connectivity index (χ3n) is 3.16. The molecule has 118 valence electrons. The third-order valence-corrected chi connectivity index (χ3v) is 3.16. The Labute approximate surface area is 133 Å². The summed E-state index contributed by atoms with van der Waals surface area (Å²) in [4.78, 5) is 9.21. The fourth-order valence-electron chi connectivity index (χ4n) is 1.98. The molecule has 4 heteroatoms. The van der Waals surface area contributed by atoms with Crippen molar-refractivity contribution in [3.63, 3.8) is 0 Å². The number of nitrogens with zero attached hydrogens (tertiary/aromatic N) is 2. The molecule has 0 radical (unpaired) electrons. The third kappa shape index (κ3) is 5.02. The van der Waals surface area contributed by atoms with E-state index in [1.165, 1.54) is 0 Å². The van der Waals surface area contributed by atoms with Crippen LogP contribution in [0.3, 0.4) is 0 Å². The number of rotatable bonds is 7. The van der Waals surface area contributed by atoms with Crippen LogP contribution in [0.15, 0.2) is 36.4 Å². The average molecular weight is 298 g/mol. The van der Waals surface area contributed by atoms with Gasteiger partial charge in [-0.3, -0.25) is 0 Å².